The summed E-state index contributed by atoms with van der Waals surface area (Å²) >= 11 is 6.62. The molecule has 2 rings (SSSR count). The highest BCUT2D eigenvalue weighted by atomic mass is 79.9. The molecule has 0 spiro atoms. The number of carbonyl (C=O) groups is 1. The zero-order chi connectivity index (χ0) is 19.3. The molecule has 9 heteroatoms. The summed E-state index contributed by atoms with van der Waals surface area (Å²) in [6, 6.07) is 5.51. The zero-order valence-electron chi connectivity index (χ0n) is 14.1. The molecule has 138 valence electrons. The molecule has 1 atom stereocenters. The molecule has 0 saturated carbocycles. The number of halogens is 2. The van der Waals surface area contributed by atoms with Crippen LogP contribution in [0.4, 0.5) is 5.69 Å². The fourth-order valence-electron chi connectivity index (χ4n) is 2.30. The van der Waals surface area contributed by atoms with Crippen LogP contribution < -0.4 is 16.8 Å². The summed E-state index contributed by atoms with van der Waals surface area (Å²) in [6.45, 7) is 6.28. The number of aliphatic imine (C=N–C) groups is 2. The molecule has 1 aromatic rings. The Morgan fingerprint density at radius 2 is 2.23 bits per heavy atom. The van der Waals surface area contributed by atoms with Crippen molar-refractivity contribution in [2.24, 2.45) is 21.5 Å². The van der Waals surface area contributed by atoms with E-state index >= 15 is 0 Å². The van der Waals surface area contributed by atoms with Gasteiger partial charge in [0.25, 0.3) is 5.91 Å². The standard InChI is InChI=1S/C17H19Br2N5O2/c1-10(22-7-13(19)6-20)16(25)23-14-4-11(3-12(18)5-14)17(2)9-26-8-15(21)24-17/h3-7H,1,8-9,20H2,2H3,(H2,21,24)(H,23,25)/b13-6+,22-7?/t17-/m0/s1. The first kappa shape index (κ1) is 20.3. The minimum Gasteiger partial charge on any atom is -0.404 e. The molecule has 0 bridgehead atoms. The van der Waals surface area contributed by atoms with Crippen molar-refractivity contribution in [3.63, 3.8) is 0 Å². The summed E-state index contributed by atoms with van der Waals surface area (Å²) in [7, 11) is 0. The first-order chi connectivity index (χ1) is 12.2. The van der Waals surface area contributed by atoms with Crippen molar-refractivity contribution in [1.82, 2.24) is 0 Å². The lowest BCUT2D eigenvalue weighted by atomic mass is 9.92. The highest BCUT2D eigenvalue weighted by Crippen LogP contribution is 2.32. The molecule has 1 aromatic carbocycles. The maximum atomic E-state index is 12.3. The Hall–Kier alpha value is -1.97. The summed E-state index contributed by atoms with van der Waals surface area (Å²) in [6.07, 6.45) is 2.71. The van der Waals surface area contributed by atoms with Crippen LogP contribution in [0.5, 0.6) is 0 Å². The number of nitrogens with two attached hydrogens (primary N) is 2. The number of ether oxygens (including phenoxy) is 1. The molecule has 1 aliphatic rings. The number of nitrogens with one attached hydrogen (secondary N) is 1. The van der Waals surface area contributed by atoms with E-state index < -0.39 is 11.4 Å². The minimum atomic E-state index is -0.627. The van der Waals surface area contributed by atoms with E-state index in [1.807, 2.05) is 19.1 Å². The van der Waals surface area contributed by atoms with Gasteiger partial charge in [0.15, 0.2) is 0 Å². The van der Waals surface area contributed by atoms with Crippen LogP contribution in [0.25, 0.3) is 0 Å². The molecule has 0 unspecified atom stereocenters. The van der Waals surface area contributed by atoms with Crippen LogP contribution in [0, 0.1) is 0 Å². The summed E-state index contributed by atoms with van der Waals surface area (Å²) in [5.41, 5.74) is 12.0. The first-order valence-electron chi connectivity index (χ1n) is 7.58. The van der Waals surface area contributed by atoms with E-state index in [9.17, 15) is 4.79 Å². The number of hydrogen-bond donors (Lipinski definition) is 3. The van der Waals surface area contributed by atoms with E-state index in [-0.39, 0.29) is 5.70 Å². The lowest BCUT2D eigenvalue weighted by Crippen LogP contribution is -2.37. The maximum Gasteiger partial charge on any atom is 0.273 e. The highest BCUT2D eigenvalue weighted by molar-refractivity contribution is 9.12. The predicted octanol–water partition coefficient (Wildman–Crippen LogP) is 2.77. The fourth-order valence-corrected chi connectivity index (χ4v) is 2.90. The molecule has 0 aliphatic carbocycles. The van der Waals surface area contributed by atoms with E-state index in [0.717, 1.165) is 10.0 Å². The monoisotopic (exact) mass is 483 g/mol. The van der Waals surface area contributed by atoms with E-state index in [0.29, 0.717) is 29.2 Å². The van der Waals surface area contributed by atoms with Crippen LogP contribution in [0.15, 0.2) is 55.6 Å². The molecule has 0 saturated heterocycles. The molecular formula is C17H19Br2N5O2. The van der Waals surface area contributed by atoms with Crippen LogP contribution in [-0.4, -0.2) is 31.2 Å². The van der Waals surface area contributed by atoms with E-state index in [2.05, 4.69) is 53.7 Å². The van der Waals surface area contributed by atoms with E-state index in [1.54, 1.807) is 6.07 Å². The second kappa shape index (κ2) is 8.61. The number of rotatable bonds is 5. The lowest BCUT2D eigenvalue weighted by Gasteiger charge is -2.30. The van der Waals surface area contributed by atoms with Crippen molar-refractivity contribution in [2.75, 3.05) is 18.5 Å². The van der Waals surface area contributed by atoms with Crippen molar-refractivity contribution in [3.8, 4) is 0 Å². The molecule has 1 amide bonds. The van der Waals surface area contributed by atoms with Gasteiger partial charge in [-0.3, -0.25) is 14.8 Å². The van der Waals surface area contributed by atoms with Crippen molar-refractivity contribution in [1.29, 1.82) is 0 Å². The Morgan fingerprint density at radius 3 is 2.88 bits per heavy atom. The molecule has 0 fully saturated rings. The number of carbonyl (C=O) groups excluding carboxylic acids is 1. The second-order valence-electron chi connectivity index (χ2n) is 5.81. The SMILES string of the molecule is C=C(N=C/C(Br)=C\N)C(=O)Nc1cc(Br)cc([C@]2(C)COCC(N)=N2)c1. The zero-order valence-corrected chi connectivity index (χ0v) is 17.3. The normalized spacial score (nSPS) is 20.7. The Kier molecular flexibility index (Phi) is 6.74. The average molecular weight is 485 g/mol. The molecule has 1 aliphatic heterocycles. The van der Waals surface area contributed by atoms with Gasteiger partial charge in [0.05, 0.1) is 11.1 Å². The van der Waals surface area contributed by atoms with Gasteiger partial charge >= 0.3 is 0 Å². The number of amides is 1. The summed E-state index contributed by atoms with van der Waals surface area (Å²) in [4.78, 5) is 20.7. The van der Waals surface area contributed by atoms with Crippen molar-refractivity contribution >= 4 is 55.5 Å². The van der Waals surface area contributed by atoms with Gasteiger partial charge in [-0.05, 0) is 46.6 Å². The highest BCUT2D eigenvalue weighted by Gasteiger charge is 2.30. The van der Waals surface area contributed by atoms with Crippen molar-refractivity contribution in [2.45, 2.75) is 12.5 Å². The molecular weight excluding hydrogens is 466 g/mol. The van der Waals surface area contributed by atoms with Gasteiger partial charge in [-0.15, -0.1) is 0 Å². The van der Waals surface area contributed by atoms with Crippen LogP contribution in [0.1, 0.15) is 12.5 Å². The van der Waals surface area contributed by atoms with Crippen molar-refractivity contribution in [3.05, 3.63) is 51.2 Å². The molecule has 0 radical (unpaired) electrons. The molecule has 7 nitrogen and oxygen atoms in total. The number of hydrogen-bond acceptors (Lipinski definition) is 6. The molecule has 1 heterocycles. The number of allylic oxidation sites excluding steroid dienone is 1. The van der Waals surface area contributed by atoms with Gasteiger partial charge < -0.3 is 21.5 Å². The van der Waals surface area contributed by atoms with Crippen LogP contribution in [0.2, 0.25) is 0 Å². The third kappa shape index (κ3) is 5.26. The Labute approximate surface area is 168 Å². The number of nitrogens with zero attached hydrogens (tertiary/aromatic N) is 2. The van der Waals surface area contributed by atoms with E-state index in [4.69, 9.17) is 16.2 Å². The van der Waals surface area contributed by atoms with Crippen LogP contribution >= 0.6 is 31.9 Å². The minimum absolute atomic E-state index is 0.0415. The van der Waals surface area contributed by atoms with Crippen LogP contribution in [0.3, 0.4) is 0 Å². The van der Waals surface area contributed by atoms with Gasteiger partial charge in [-0.1, -0.05) is 22.5 Å². The molecule has 0 aromatic heterocycles. The third-order valence-electron chi connectivity index (χ3n) is 3.57. The second-order valence-corrected chi connectivity index (χ2v) is 7.64. The predicted molar refractivity (Wildman–Crippen MR) is 111 cm³/mol. The largest absolute Gasteiger partial charge is 0.404 e. The number of anilines is 1. The Morgan fingerprint density at radius 1 is 1.50 bits per heavy atom. The Bertz CT molecular complexity index is 819. The third-order valence-corrected chi connectivity index (χ3v) is 4.49. The van der Waals surface area contributed by atoms with Gasteiger partial charge in [0, 0.05) is 22.6 Å². The quantitative estimate of drug-likeness (QED) is 0.440. The lowest BCUT2D eigenvalue weighted by molar-refractivity contribution is -0.112. The topological polar surface area (TPSA) is 115 Å². The first-order valence-corrected chi connectivity index (χ1v) is 9.17. The van der Waals surface area contributed by atoms with Gasteiger partial charge in [-0.2, -0.15) is 0 Å². The molecule has 26 heavy (non-hydrogen) atoms. The summed E-state index contributed by atoms with van der Waals surface area (Å²) in [5, 5.41) is 2.76. The Balaban J connectivity index is 2.22. The summed E-state index contributed by atoms with van der Waals surface area (Å²) in [5.74, 6) is 0.00115. The van der Waals surface area contributed by atoms with E-state index in [1.165, 1.54) is 12.4 Å². The fraction of sp³-hybridized carbons (Fsp3) is 0.235. The molecule has 5 N–H and O–H groups in total. The number of benzene rings is 1. The van der Waals surface area contributed by atoms with Crippen LogP contribution in [-0.2, 0) is 15.1 Å². The maximum absolute atomic E-state index is 12.3. The van der Waals surface area contributed by atoms with Gasteiger partial charge in [0.1, 0.15) is 23.7 Å². The van der Waals surface area contributed by atoms with Gasteiger partial charge in [0.2, 0.25) is 0 Å². The summed E-state index contributed by atoms with van der Waals surface area (Å²) < 4.78 is 6.83. The smallest absolute Gasteiger partial charge is 0.273 e. The average Bonchev–Trinajstić information content (AvgIpc) is 2.58. The number of amidine groups is 1. The van der Waals surface area contributed by atoms with Gasteiger partial charge in [-0.25, -0.2) is 0 Å². The van der Waals surface area contributed by atoms with Crippen molar-refractivity contribution < 1.29 is 9.53 Å².